The van der Waals surface area contributed by atoms with Crippen molar-refractivity contribution in [3.63, 3.8) is 0 Å². The van der Waals surface area contributed by atoms with Crippen LogP contribution >= 0.6 is 11.3 Å². The second-order valence-electron chi connectivity index (χ2n) is 7.17. The van der Waals surface area contributed by atoms with E-state index in [1.54, 1.807) is 11.6 Å². The first-order valence-corrected chi connectivity index (χ1v) is 9.61. The van der Waals surface area contributed by atoms with Gasteiger partial charge in [-0.05, 0) is 23.0 Å². The lowest BCUT2D eigenvalue weighted by Crippen LogP contribution is -2.30. The van der Waals surface area contributed by atoms with Crippen LogP contribution in [-0.4, -0.2) is 29.2 Å². The highest BCUT2D eigenvalue weighted by Gasteiger charge is 2.10. The monoisotopic (exact) mass is 359 g/mol. The molecule has 0 radical (unpaired) electrons. The minimum atomic E-state index is 0.513. The van der Waals surface area contributed by atoms with Crippen LogP contribution in [0.4, 0.5) is 10.9 Å². The van der Waals surface area contributed by atoms with Crippen LogP contribution in [0.1, 0.15) is 38.8 Å². The Labute approximate surface area is 155 Å². The van der Waals surface area contributed by atoms with Gasteiger partial charge in [-0.25, -0.2) is 4.98 Å². The molecular weight excluding hydrogens is 330 g/mol. The van der Waals surface area contributed by atoms with Crippen molar-refractivity contribution in [2.75, 3.05) is 24.2 Å². The lowest BCUT2D eigenvalue weighted by atomic mass is 10.1. The van der Waals surface area contributed by atoms with Gasteiger partial charge in [-0.15, -0.1) is 11.3 Å². The molecule has 3 N–H and O–H groups in total. The molecule has 0 aliphatic rings. The summed E-state index contributed by atoms with van der Waals surface area (Å²) in [5.74, 6) is 1.87. The number of nitrogens with one attached hydrogen (secondary N) is 1. The number of rotatable bonds is 9. The minimum absolute atomic E-state index is 0.513. The third-order valence-corrected chi connectivity index (χ3v) is 4.29. The molecule has 0 spiro atoms. The van der Waals surface area contributed by atoms with Gasteiger partial charge in [0.05, 0.1) is 6.21 Å². The first-order valence-electron chi connectivity index (χ1n) is 8.73. The van der Waals surface area contributed by atoms with Crippen LogP contribution in [0.3, 0.4) is 0 Å². The van der Waals surface area contributed by atoms with Gasteiger partial charge < -0.3 is 5.73 Å². The van der Waals surface area contributed by atoms with Gasteiger partial charge in [-0.1, -0.05) is 52.0 Å². The average molecular weight is 360 g/mol. The summed E-state index contributed by atoms with van der Waals surface area (Å²) in [6.45, 7) is 12.3. The number of benzene rings is 1. The molecule has 0 unspecified atom stereocenters. The number of anilines is 2. The second kappa shape index (κ2) is 9.53. The van der Waals surface area contributed by atoms with E-state index in [4.69, 9.17) is 5.73 Å². The van der Waals surface area contributed by atoms with Crippen molar-refractivity contribution < 1.29 is 0 Å². The Morgan fingerprint density at radius 1 is 1.16 bits per heavy atom. The lowest BCUT2D eigenvalue weighted by Gasteiger charge is -2.26. The topological polar surface area (TPSA) is 66.5 Å². The Morgan fingerprint density at radius 2 is 1.80 bits per heavy atom. The van der Waals surface area contributed by atoms with Crippen LogP contribution in [0.2, 0.25) is 0 Å². The van der Waals surface area contributed by atoms with Gasteiger partial charge in [0.25, 0.3) is 0 Å². The summed E-state index contributed by atoms with van der Waals surface area (Å²) in [5, 5.41) is 6.68. The van der Waals surface area contributed by atoms with Crippen molar-refractivity contribution in [3.8, 4) is 0 Å². The van der Waals surface area contributed by atoms with E-state index < -0.39 is 0 Å². The number of nitrogens with two attached hydrogens (primary N) is 1. The fourth-order valence-electron chi connectivity index (χ4n) is 2.70. The maximum absolute atomic E-state index is 5.58. The summed E-state index contributed by atoms with van der Waals surface area (Å²) >= 11 is 1.44. The quantitative estimate of drug-likeness (QED) is 0.518. The molecule has 6 heteroatoms. The van der Waals surface area contributed by atoms with Crippen LogP contribution in [0.5, 0.6) is 0 Å². The molecule has 0 amide bonds. The molecule has 2 aromatic rings. The highest BCUT2D eigenvalue weighted by molar-refractivity contribution is 7.14. The summed E-state index contributed by atoms with van der Waals surface area (Å²) in [6.07, 6.45) is 1.79. The third kappa shape index (κ3) is 7.23. The van der Waals surface area contributed by atoms with Crippen LogP contribution in [0, 0.1) is 11.8 Å². The van der Waals surface area contributed by atoms with Crippen molar-refractivity contribution in [1.82, 2.24) is 9.88 Å². The lowest BCUT2D eigenvalue weighted by molar-refractivity contribution is 0.211. The van der Waals surface area contributed by atoms with Gasteiger partial charge >= 0.3 is 0 Å². The summed E-state index contributed by atoms with van der Waals surface area (Å²) in [7, 11) is 0. The fraction of sp³-hybridized carbons (Fsp3) is 0.474. The highest BCUT2D eigenvalue weighted by atomic mass is 32.1. The summed E-state index contributed by atoms with van der Waals surface area (Å²) < 4.78 is 0. The van der Waals surface area contributed by atoms with Gasteiger partial charge in [0.1, 0.15) is 5.82 Å². The van der Waals surface area contributed by atoms with Crippen molar-refractivity contribution in [2.24, 2.45) is 16.9 Å². The molecule has 0 bridgehead atoms. The molecule has 136 valence electrons. The number of hydrogen-bond donors (Lipinski definition) is 2. The van der Waals surface area contributed by atoms with E-state index in [0.717, 1.165) is 25.2 Å². The number of aromatic nitrogens is 1. The Hall–Kier alpha value is -1.92. The first-order chi connectivity index (χ1) is 11.9. The predicted molar refractivity (Wildman–Crippen MR) is 109 cm³/mol. The molecule has 5 nitrogen and oxygen atoms in total. The molecule has 0 aliphatic carbocycles. The molecule has 0 fully saturated rings. The van der Waals surface area contributed by atoms with Gasteiger partial charge in [-0.2, -0.15) is 5.10 Å². The van der Waals surface area contributed by atoms with Crippen LogP contribution in [0.15, 0.2) is 34.7 Å². The molecular formula is C19H29N5S. The van der Waals surface area contributed by atoms with E-state index in [1.807, 2.05) is 0 Å². The molecule has 0 atom stereocenters. The molecule has 1 aromatic heterocycles. The Balaban J connectivity index is 1.91. The second-order valence-corrected chi connectivity index (χ2v) is 8.03. The number of thiazole rings is 1. The maximum Gasteiger partial charge on any atom is 0.205 e. The van der Waals surface area contributed by atoms with E-state index in [-0.39, 0.29) is 0 Å². The minimum Gasteiger partial charge on any atom is -0.383 e. The number of nitrogens with zero attached hydrogens (tertiary/aromatic N) is 3. The van der Waals surface area contributed by atoms with Crippen LogP contribution < -0.4 is 11.2 Å². The zero-order chi connectivity index (χ0) is 18.2. The van der Waals surface area contributed by atoms with Gasteiger partial charge in [0.2, 0.25) is 5.13 Å². The largest absolute Gasteiger partial charge is 0.383 e. The van der Waals surface area contributed by atoms with E-state index in [1.165, 1.54) is 16.9 Å². The van der Waals surface area contributed by atoms with Gasteiger partial charge in [0, 0.05) is 25.0 Å². The smallest absolute Gasteiger partial charge is 0.205 e. The first kappa shape index (κ1) is 19.4. The molecule has 2 rings (SSSR count). The molecule has 25 heavy (non-hydrogen) atoms. The molecule has 1 heterocycles. The fourth-order valence-corrected chi connectivity index (χ4v) is 3.25. The van der Waals surface area contributed by atoms with Crippen LogP contribution in [0.25, 0.3) is 0 Å². The molecule has 0 saturated carbocycles. The maximum atomic E-state index is 5.58. The van der Waals surface area contributed by atoms with Crippen molar-refractivity contribution in [2.45, 2.75) is 34.2 Å². The van der Waals surface area contributed by atoms with Crippen molar-refractivity contribution >= 4 is 28.5 Å². The number of hydrogen-bond acceptors (Lipinski definition) is 6. The highest BCUT2D eigenvalue weighted by Crippen LogP contribution is 2.16. The van der Waals surface area contributed by atoms with Crippen LogP contribution in [-0.2, 0) is 6.54 Å². The molecule has 0 saturated heterocycles. The molecule has 0 aliphatic heterocycles. The summed E-state index contributed by atoms with van der Waals surface area (Å²) in [6, 6.07) is 8.55. The van der Waals surface area contributed by atoms with Crippen molar-refractivity contribution in [1.29, 1.82) is 0 Å². The number of hydrazone groups is 1. The Bertz CT molecular complexity index is 651. The van der Waals surface area contributed by atoms with E-state index >= 15 is 0 Å². The summed E-state index contributed by atoms with van der Waals surface area (Å²) in [5.41, 5.74) is 10.9. The third-order valence-electron chi connectivity index (χ3n) is 3.53. The van der Waals surface area contributed by atoms with Gasteiger partial charge in [-0.3, -0.25) is 10.3 Å². The zero-order valence-corrected chi connectivity index (χ0v) is 16.4. The molecule has 1 aromatic carbocycles. The average Bonchev–Trinajstić information content (AvgIpc) is 2.93. The van der Waals surface area contributed by atoms with Crippen molar-refractivity contribution in [3.05, 3.63) is 40.8 Å². The number of nitrogen functional groups attached to an aromatic ring is 1. The Morgan fingerprint density at radius 3 is 2.32 bits per heavy atom. The summed E-state index contributed by atoms with van der Waals surface area (Å²) in [4.78, 5) is 6.64. The zero-order valence-electron chi connectivity index (χ0n) is 15.6. The van der Waals surface area contributed by atoms with E-state index in [0.29, 0.717) is 22.8 Å². The standard InChI is InChI=1S/C19H29N5S/c1-14(2)10-24(11-15(3)4)12-17-7-5-16(6-8-17)9-21-23-19-22-18(20)13-25-19/h5-9,13-15H,10-12,20H2,1-4H3,(H,22,23). The normalized spacial score (nSPS) is 12.0. The Kier molecular flexibility index (Phi) is 7.40. The van der Waals surface area contributed by atoms with Gasteiger partial charge in [0.15, 0.2) is 0 Å². The van der Waals surface area contributed by atoms with E-state index in [9.17, 15) is 0 Å². The SMILES string of the molecule is CC(C)CN(Cc1ccc(C=NNc2nc(N)cs2)cc1)CC(C)C. The predicted octanol–water partition coefficient (Wildman–Crippen LogP) is 4.29. The van der Waals surface area contributed by atoms with E-state index in [2.05, 4.69) is 72.4 Å².